The van der Waals surface area contributed by atoms with Gasteiger partial charge in [0, 0.05) is 46.6 Å². The average Bonchev–Trinajstić information content (AvgIpc) is 3.03. The van der Waals surface area contributed by atoms with Gasteiger partial charge in [-0.1, -0.05) is 13.8 Å². The van der Waals surface area contributed by atoms with Crippen molar-refractivity contribution in [2.45, 2.75) is 20.8 Å². The summed E-state index contributed by atoms with van der Waals surface area (Å²) in [6.07, 6.45) is 1.50. The largest absolute Gasteiger partial charge is 0.370 e. The second-order valence-electron chi connectivity index (χ2n) is 7.16. The first-order valence-electron chi connectivity index (χ1n) is 9.32. The lowest BCUT2D eigenvalue weighted by molar-refractivity contribution is 0.273. The molecule has 0 atom stereocenters. The summed E-state index contributed by atoms with van der Waals surface area (Å²) in [5.41, 5.74) is 2.85. The number of aromatic nitrogens is 2. The molecule has 0 N–H and O–H groups in total. The van der Waals surface area contributed by atoms with Crippen LogP contribution in [0, 0.1) is 24.0 Å². The van der Waals surface area contributed by atoms with Crippen LogP contribution in [0.1, 0.15) is 19.4 Å². The Kier molecular flexibility index (Phi) is 4.62. The zero-order valence-corrected chi connectivity index (χ0v) is 16.6. The quantitative estimate of drug-likeness (QED) is 0.604. The molecule has 142 valence electrons. The van der Waals surface area contributed by atoms with Crippen molar-refractivity contribution in [3.63, 3.8) is 0 Å². The normalized spacial score (nSPS) is 17.3. The molecule has 1 aromatic heterocycles. The Morgan fingerprint density at radius 2 is 1.67 bits per heavy atom. The van der Waals surface area contributed by atoms with Crippen LogP contribution in [0.25, 0.3) is 16.6 Å². The predicted octanol–water partition coefficient (Wildman–Crippen LogP) is 5.19. The van der Waals surface area contributed by atoms with Crippen molar-refractivity contribution in [3.05, 3.63) is 53.7 Å². The number of nitrogens with zero attached hydrogens (tertiary/aromatic N) is 3. The Morgan fingerprint density at radius 1 is 1.04 bits per heavy atom. The molecule has 0 saturated carbocycles. The molecule has 3 heterocycles. The maximum absolute atomic E-state index is 14.5. The molecule has 1 spiro atoms. The Hall–Kier alpha value is -2.08. The van der Waals surface area contributed by atoms with E-state index < -0.39 is 11.6 Å². The van der Waals surface area contributed by atoms with E-state index in [2.05, 4.69) is 22.1 Å². The van der Waals surface area contributed by atoms with E-state index in [4.69, 9.17) is 0 Å². The molecular formula is C21H23F2N3S. The van der Waals surface area contributed by atoms with Gasteiger partial charge in [-0.2, -0.15) is 16.9 Å². The van der Waals surface area contributed by atoms with Gasteiger partial charge in [0.15, 0.2) is 5.82 Å². The minimum Gasteiger partial charge on any atom is -0.370 e. The molecule has 2 aliphatic heterocycles. The third-order valence-corrected chi connectivity index (χ3v) is 6.94. The van der Waals surface area contributed by atoms with Crippen molar-refractivity contribution in [3.8, 4) is 5.69 Å². The SMILES string of the molecule is CC.Cc1c(F)cc2cnn(-c3ccc(N4CC5(CSC5)C4)cc3)c2c1F. The first kappa shape index (κ1) is 18.3. The van der Waals surface area contributed by atoms with Gasteiger partial charge in [0.25, 0.3) is 0 Å². The van der Waals surface area contributed by atoms with Crippen LogP contribution >= 0.6 is 11.8 Å². The maximum atomic E-state index is 14.5. The van der Waals surface area contributed by atoms with Crippen molar-refractivity contribution in [1.82, 2.24) is 9.78 Å². The molecule has 6 heteroatoms. The topological polar surface area (TPSA) is 21.1 Å². The van der Waals surface area contributed by atoms with Crippen molar-refractivity contribution < 1.29 is 8.78 Å². The molecule has 2 saturated heterocycles. The molecule has 2 fully saturated rings. The molecule has 3 nitrogen and oxygen atoms in total. The van der Waals surface area contributed by atoms with Gasteiger partial charge in [0.2, 0.25) is 0 Å². The Bertz CT molecular complexity index is 969. The number of anilines is 1. The number of hydrogen-bond donors (Lipinski definition) is 0. The summed E-state index contributed by atoms with van der Waals surface area (Å²) < 4.78 is 29.8. The van der Waals surface area contributed by atoms with Gasteiger partial charge in [-0.05, 0) is 37.3 Å². The minimum atomic E-state index is -0.552. The van der Waals surface area contributed by atoms with Gasteiger partial charge in [-0.15, -0.1) is 0 Å². The van der Waals surface area contributed by atoms with E-state index >= 15 is 0 Å². The average molecular weight is 387 g/mol. The first-order valence-corrected chi connectivity index (χ1v) is 10.5. The highest BCUT2D eigenvalue weighted by molar-refractivity contribution is 8.00. The van der Waals surface area contributed by atoms with Gasteiger partial charge in [-0.25, -0.2) is 13.5 Å². The highest BCUT2D eigenvalue weighted by Crippen LogP contribution is 2.46. The van der Waals surface area contributed by atoms with Crippen LogP contribution in [-0.4, -0.2) is 34.4 Å². The molecule has 2 aromatic carbocycles. The van der Waals surface area contributed by atoms with Crippen molar-refractivity contribution in [2.24, 2.45) is 5.41 Å². The minimum absolute atomic E-state index is 0.0233. The summed E-state index contributed by atoms with van der Waals surface area (Å²) in [4.78, 5) is 2.38. The molecule has 0 aliphatic carbocycles. The van der Waals surface area contributed by atoms with Crippen LogP contribution in [0.3, 0.4) is 0 Å². The lowest BCUT2D eigenvalue weighted by atomic mass is 9.82. The number of halogens is 2. The molecule has 0 unspecified atom stereocenters. The third kappa shape index (κ3) is 2.90. The maximum Gasteiger partial charge on any atom is 0.155 e. The summed E-state index contributed by atoms with van der Waals surface area (Å²) in [6.45, 7) is 7.69. The number of fused-ring (bicyclic) bond motifs is 1. The zero-order valence-electron chi connectivity index (χ0n) is 15.8. The fourth-order valence-corrected chi connectivity index (χ4v) is 4.88. The molecule has 0 amide bonds. The zero-order chi connectivity index (χ0) is 19.2. The Morgan fingerprint density at radius 3 is 2.26 bits per heavy atom. The van der Waals surface area contributed by atoms with Gasteiger partial charge in [-0.3, -0.25) is 0 Å². The van der Waals surface area contributed by atoms with Crippen molar-refractivity contribution in [1.29, 1.82) is 0 Å². The van der Waals surface area contributed by atoms with Gasteiger partial charge < -0.3 is 4.90 Å². The fraction of sp³-hybridized carbons (Fsp3) is 0.381. The van der Waals surface area contributed by atoms with Crippen LogP contribution in [-0.2, 0) is 0 Å². The van der Waals surface area contributed by atoms with Crippen LogP contribution in [0.5, 0.6) is 0 Å². The van der Waals surface area contributed by atoms with E-state index in [1.807, 2.05) is 37.7 Å². The second-order valence-corrected chi connectivity index (χ2v) is 8.14. The van der Waals surface area contributed by atoms with E-state index in [-0.39, 0.29) is 5.56 Å². The summed E-state index contributed by atoms with van der Waals surface area (Å²) in [7, 11) is 0. The second kappa shape index (κ2) is 6.82. The molecule has 0 bridgehead atoms. The van der Waals surface area contributed by atoms with Crippen molar-refractivity contribution in [2.75, 3.05) is 29.5 Å². The highest BCUT2D eigenvalue weighted by atomic mass is 32.2. The molecular weight excluding hydrogens is 364 g/mol. The van der Waals surface area contributed by atoms with E-state index in [1.54, 1.807) is 4.68 Å². The standard InChI is InChI=1S/C19H17F2N3S.C2H6/c1-12-16(20)6-13-7-22-24(18(13)17(12)21)15-4-2-14(3-5-15)23-8-19(9-23)10-25-11-19;1-2/h2-7H,8-11H2,1H3;1-2H3. The van der Waals surface area contributed by atoms with Crippen molar-refractivity contribution >= 4 is 28.4 Å². The molecule has 5 rings (SSSR count). The van der Waals surface area contributed by atoms with Gasteiger partial charge >= 0.3 is 0 Å². The summed E-state index contributed by atoms with van der Waals surface area (Å²) >= 11 is 2.02. The van der Waals surface area contributed by atoms with E-state index in [0.29, 0.717) is 16.3 Å². The summed E-state index contributed by atoms with van der Waals surface area (Å²) in [5, 5.41) is 4.73. The highest BCUT2D eigenvalue weighted by Gasteiger charge is 2.48. The van der Waals surface area contributed by atoms with E-state index in [0.717, 1.165) is 18.8 Å². The first-order chi connectivity index (χ1) is 13.1. The van der Waals surface area contributed by atoms with E-state index in [9.17, 15) is 8.78 Å². The monoisotopic (exact) mass is 387 g/mol. The Labute approximate surface area is 162 Å². The third-order valence-electron chi connectivity index (χ3n) is 5.30. The predicted molar refractivity (Wildman–Crippen MR) is 109 cm³/mol. The number of thioether (sulfide) groups is 1. The lowest BCUT2D eigenvalue weighted by Crippen LogP contribution is -2.63. The summed E-state index contributed by atoms with van der Waals surface area (Å²) in [5.74, 6) is 1.45. The van der Waals surface area contributed by atoms with Crippen LogP contribution < -0.4 is 4.90 Å². The molecule has 3 aromatic rings. The number of benzene rings is 2. The van der Waals surface area contributed by atoms with E-state index in [1.165, 1.54) is 36.4 Å². The number of hydrogen-bond acceptors (Lipinski definition) is 3. The smallest absolute Gasteiger partial charge is 0.155 e. The summed E-state index contributed by atoms with van der Waals surface area (Å²) in [6, 6.07) is 9.33. The van der Waals surface area contributed by atoms with Crippen LogP contribution in [0.15, 0.2) is 36.5 Å². The van der Waals surface area contributed by atoms with Gasteiger partial charge in [0.05, 0.1) is 11.9 Å². The van der Waals surface area contributed by atoms with Gasteiger partial charge in [0.1, 0.15) is 11.3 Å². The Balaban J connectivity index is 0.000000872. The molecule has 2 aliphatic rings. The number of rotatable bonds is 2. The van der Waals surface area contributed by atoms with Crippen LogP contribution in [0.2, 0.25) is 0 Å². The fourth-order valence-electron chi connectivity index (χ4n) is 3.73. The lowest BCUT2D eigenvalue weighted by Gasteiger charge is -2.56. The molecule has 0 radical (unpaired) electrons. The van der Waals surface area contributed by atoms with Crippen LogP contribution in [0.4, 0.5) is 14.5 Å². The molecule has 27 heavy (non-hydrogen) atoms.